The standard InChI is InChI=1S/C9H16O/c1-3-4-5-9(6-7-9)8(2)10/h4-5,8,10H,3,6-7H2,1-2H3/b5-4+. The van der Waals surface area contributed by atoms with Gasteiger partial charge < -0.3 is 5.11 Å². The van der Waals surface area contributed by atoms with Gasteiger partial charge in [0.2, 0.25) is 0 Å². The van der Waals surface area contributed by atoms with Crippen LogP contribution < -0.4 is 0 Å². The van der Waals surface area contributed by atoms with Crippen molar-refractivity contribution in [1.29, 1.82) is 0 Å². The summed E-state index contributed by atoms with van der Waals surface area (Å²) in [6, 6.07) is 0. The Bertz CT molecular complexity index is 132. The van der Waals surface area contributed by atoms with Gasteiger partial charge in [-0.2, -0.15) is 0 Å². The fraction of sp³-hybridized carbons (Fsp3) is 0.778. The highest BCUT2D eigenvalue weighted by molar-refractivity contribution is 5.11. The van der Waals surface area contributed by atoms with Crippen molar-refractivity contribution < 1.29 is 5.11 Å². The molecule has 1 aliphatic rings. The van der Waals surface area contributed by atoms with Crippen molar-refractivity contribution in [1.82, 2.24) is 0 Å². The quantitative estimate of drug-likeness (QED) is 0.595. The number of hydrogen-bond donors (Lipinski definition) is 1. The Balaban J connectivity index is 2.45. The molecule has 1 nitrogen and oxygen atoms in total. The minimum atomic E-state index is -0.157. The molecule has 1 N–H and O–H groups in total. The monoisotopic (exact) mass is 140 g/mol. The average Bonchev–Trinajstić information content (AvgIpc) is 2.64. The second-order valence-electron chi connectivity index (χ2n) is 3.22. The molecule has 0 aromatic carbocycles. The van der Waals surface area contributed by atoms with Crippen molar-refractivity contribution >= 4 is 0 Å². The minimum absolute atomic E-state index is 0.157. The fourth-order valence-corrected chi connectivity index (χ4v) is 1.22. The molecule has 1 rings (SSSR count). The highest BCUT2D eigenvalue weighted by atomic mass is 16.3. The molecule has 1 aliphatic carbocycles. The number of rotatable bonds is 3. The zero-order valence-corrected chi connectivity index (χ0v) is 6.80. The third kappa shape index (κ3) is 1.40. The topological polar surface area (TPSA) is 20.2 Å². The molecule has 0 heterocycles. The van der Waals surface area contributed by atoms with Crippen LogP contribution in [0.25, 0.3) is 0 Å². The Morgan fingerprint density at radius 3 is 2.50 bits per heavy atom. The zero-order valence-electron chi connectivity index (χ0n) is 6.80. The summed E-state index contributed by atoms with van der Waals surface area (Å²) in [5, 5.41) is 9.32. The van der Waals surface area contributed by atoms with Gasteiger partial charge in [0.05, 0.1) is 6.10 Å². The molecule has 0 aromatic rings. The summed E-state index contributed by atoms with van der Waals surface area (Å²) in [5.41, 5.74) is 0.177. The number of aliphatic hydroxyl groups is 1. The van der Waals surface area contributed by atoms with Crippen LogP contribution >= 0.6 is 0 Å². The second-order valence-corrected chi connectivity index (χ2v) is 3.22. The van der Waals surface area contributed by atoms with Crippen LogP contribution in [0.4, 0.5) is 0 Å². The van der Waals surface area contributed by atoms with E-state index in [0.717, 1.165) is 6.42 Å². The van der Waals surface area contributed by atoms with E-state index < -0.39 is 0 Å². The van der Waals surface area contributed by atoms with Gasteiger partial charge in [-0.3, -0.25) is 0 Å². The molecule has 0 aromatic heterocycles. The molecule has 0 amide bonds. The van der Waals surface area contributed by atoms with E-state index in [2.05, 4.69) is 19.1 Å². The van der Waals surface area contributed by atoms with Gasteiger partial charge in [-0.1, -0.05) is 19.1 Å². The average molecular weight is 140 g/mol. The van der Waals surface area contributed by atoms with Crippen molar-refractivity contribution in [3.8, 4) is 0 Å². The summed E-state index contributed by atoms with van der Waals surface area (Å²) in [6.07, 6.45) is 7.59. The Hall–Kier alpha value is -0.300. The van der Waals surface area contributed by atoms with Crippen LogP contribution in [0.5, 0.6) is 0 Å². The minimum Gasteiger partial charge on any atom is -0.393 e. The van der Waals surface area contributed by atoms with Crippen molar-refractivity contribution in [3.05, 3.63) is 12.2 Å². The van der Waals surface area contributed by atoms with Gasteiger partial charge in [0.15, 0.2) is 0 Å². The molecule has 58 valence electrons. The van der Waals surface area contributed by atoms with Gasteiger partial charge in [-0.15, -0.1) is 0 Å². The fourth-order valence-electron chi connectivity index (χ4n) is 1.22. The lowest BCUT2D eigenvalue weighted by atomic mass is 10.00. The molecular formula is C9H16O. The zero-order chi connectivity index (χ0) is 7.61. The molecule has 10 heavy (non-hydrogen) atoms. The van der Waals surface area contributed by atoms with Gasteiger partial charge in [0.1, 0.15) is 0 Å². The molecule has 1 fully saturated rings. The highest BCUT2D eigenvalue weighted by Crippen LogP contribution is 2.50. The summed E-state index contributed by atoms with van der Waals surface area (Å²) in [5.74, 6) is 0. The summed E-state index contributed by atoms with van der Waals surface area (Å²) in [4.78, 5) is 0. The van der Waals surface area contributed by atoms with Crippen LogP contribution in [0.15, 0.2) is 12.2 Å². The maximum atomic E-state index is 9.32. The van der Waals surface area contributed by atoms with E-state index in [1.165, 1.54) is 12.8 Å². The van der Waals surface area contributed by atoms with Gasteiger partial charge in [-0.05, 0) is 26.2 Å². The normalized spacial score (nSPS) is 25.1. The van der Waals surface area contributed by atoms with E-state index in [9.17, 15) is 5.11 Å². The largest absolute Gasteiger partial charge is 0.393 e. The molecule has 1 unspecified atom stereocenters. The van der Waals surface area contributed by atoms with Crippen LogP contribution in [0.3, 0.4) is 0 Å². The Kier molecular flexibility index (Phi) is 2.14. The van der Waals surface area contributed by atoms with E-state index in [1.807, 2.05) is 6.92 Å². The summed E-state index contributed by atoms with van der Waals surface area (Å²) in [7, 11) is 0. The summed E-state index contributed by atoms with van der Waals surface area (Å²) >= 11 is 0. The predicted molar refractivity (Wildman–Crippen MR) is 42.8 cm³/mol. The first-order chi connectivity index (χ1) is 4.71. The lowest BCUT2D eigenvalue weighted by molar-refractivity contribution is 0.137. The second kappa shape index (κ2) is 2.75. The number of aliphatic hydroxyl groups excluding tert-OH is 1. The van der Waals surface area contributed by atoms with Crippen molar-refractivity contribution in [2.45, 2.75) is 39.2 Å². The molecule has 0 bridgehead atoms. The molecule has 0 saturated heterocycles. The van der Waals surface area contributed by atoms with Crippen molar-refractivity contribution in [2.24, 2.45) is 5.41 Å². The van der Waals surface area contributed by atoms with Crippen LogP contribution in [-0.4, -0.2) is 11.2 Å². The lowest BCUT2D eigenvalue weighted by Crippen LogP contribution is -2.14. The van der Waals surface area contributed by atoms with E-state index in [4.69, 9.17) is 0 Å². The molecule has 1 atom stereocenters. The lowest BCUT2D eigenvalue weighted by Gasteiger charge is -2.12. The summed E-state index contributed by atoms with van der Waals surface area (Å²) < 4.78 is 0. The SMILES string of the molecule is CC/C=C/C1(C(C)O)CC1. The van der Waals surface area contributed by atoms with Crippen LogP contribution in [0, 0.1) is 5.41 Å². The van der Waals surface area contributed by atoms with Crippen LogP contribution in [0.2, 0.25) is 0 Å². The maximum absolute atomic E-state index is 9.32. The molecule has 0 spiro atoms. The van der Waals surface area contributed by atoms with Crippen LogP contribution in [-0.2, 0) is 0 Å². The van der Waals surface area contributed by atoms with Gasteiger partial charge in [-0.25, -0.2) is 0 Å². The van der Waals surface area contributed by atoms with E-state index in [1.54, 1.807) is 0 Å². The van der Waals surface area contributed by atoms with Crippen molar-refractivity contribution in [2.75, 3.05) is 0 Å². The smallest absolute Gasteiger partial charge is 0.0602 e. The maximum Gasteiger partial charge on any atom is 0.0602 e. The third-order valence-electron chi connectivity index (χ3n) is 2.34. The molecule has 0 aliphatic heterocycles. The van der Waals surface area contributed by atoms with Gasteiger partial charge in [0, 0.05) is 5.41 Å². The first kappa shape index (κ1) is 7.80. The molecular weight excluding hydrogens is 124 g/mol. The van der Waals surface area contributed by atoms with Gasteiger partial charge in [0.25, 0.3) is 0 Å². The predicted octanol–water partition coefficient (Wildman–Crippen LogP) is 2.11. The van der Waals surface area contributed by atoms with E-state index in [-0.39, 0.29) is 11.5 Å². The third-order valence-corrected chi connectivity index (χ3v) is 2.34. The van der Waals surface area contributed by atoms with E-state index >= 15 is 0 Å². The molecule has 0 radical (unpaired) electrons. The number of allylic oxidation sites excluding steroid dienone is 1. The molecule has 1 heteroatoms. The summed E-state index contributed by atoms with van der Waals surface area (Å²) in [6.45, 7) is 4.00. The molecule has 1 saturated carbocycles. The van der Waals surface area contributed by atoms with Crippen molar-refractivity contribution in [3.63, 3.8) is 0 Å². The number of hydrogen-bond acceptors (Lipinski definition) is 1. The Labute approximate surface area is 62.8 Å². The highest BCUT2D eigenvalue weighted by Gasteiger charge is 2.44. The van der Waals surface area contributed by atoms with Crippen LogP contribution in [0.1, 0.15) is 33.1 Å². The first-order valence-electron chi connectivity index (χ1n) is 4.07. The van der Waals surface area contributed by atoms with E-state index in [0.29, 0.717) is 0 Å². The Morgan fingerprint density at radius 2 is 2.20 bits per heavy atom. The Morgan fingerprint density at radius 1 is 1.60 bits per heavy atom. The first-order valence-corrected chi connectivity index (χ1v) is 4.07. The van der Waals surface area contributed by atoms with Gasteiger partial charge >= 0.3 is 0 Å².